The third-order valence-electron chi connectivity index (χ3n) is 1.67. The molecule has 0 unspecified atom stereocenters. The van der Waals surface area contributed by atoms with Gasteiger partial charge in [-0.1, -0.05) is 19.1 Å². The lowest BCUT2D eigenvalue weighted by Crippen LogP contribution is -2.21. The summed E-state index contributed by atoms with van der Waals surface area (Å²) in [5, 5.41) is 0. The van der Waals surface area contributed by atoms with Gasteiger partial charge in [0.25, 0.3) is 0 Å². The zero-order valence-electron chi connectivity index (χ0n) is 7.83. The molecule has 0 saturated carbocycles. The predicted molar refractivity (Wildman–Crippen MR) is 46.4 cm³/mol. The fourth-order valence-electron chi connectivity index (χ4n) is 1.02. The molecule has 0 rings (SSSR count). The number of rotatable bonds is 5. The quantitative estimate of drug-likeness (QED) is 0.451. The van der Waals surface area contributed by atoms with Crippen LogP contribution in [0.15, 0.2) is 12.2 Å². The van der Waals surface area contributed by atoms with Crippen LogP contribution < -0.4 is 0 Å². The zero-order chi connectivity index (χ0) is 8.69. The Hall–Kier alpha value is -0.340. The normalized spacial score (nSPS) is 14.6. The third-order valence-corrected chi connectivity index (χ3v) is 1.67. The van der Waals surface area contributed by atoms with Crippen molar-refractivity contribution in [2.75, 3.05) is 14.2 Å². The number of methoxy groups -OCH3 is 2. The van der Waals surface area contributed by atoms with Crippen LogP contribution in [0.5, 0.6) is 0 Å². The monoisotopic (exact) mass is 158 g/mol. The van der Waals surface area contributed by atoms with E-state index in [-0.39, 0.29) is 6.29 Å². The predicted octanol–water partition coefficient (Wildman–Crippen LogP) is 2.21. The second-order valence-electron chi connectivity index (χ2n) is 2.62. The van der Waals surface area contributed by atoms with Gasteiger partial charge in [-0.25, -0.2) is 0 Å². The average Bonchev–Trinajstić information content (AvgIpc) is 2.03. The molecule has 0 aliphatic heterocycles. The first kappa shape index (κ1) is 10.7. The Morgan fingerprint density at radius 3 is 2.18 bits per heavy atom. The van der Waals surface area contributed by atoms with Crippen molar-refractivity contribution in [3.05, 3.63) is 12.2 Å². The number of hydrogen-bond donors (Lipinski definition) is 0. The smallest absolute Gasteiger partial charge is 0.159 e. The fraction of sp³-hybridized carbons (Fsp3) is 0.778. The van der Waals surface area contributed by atoms with Crippen LogP contribution in [-0.2, 0) is 9.47 Å². The van der Waals surface area contributed by atoms with E-state index in [0.29, 0.717) is 5.92 Å². The van der Waals surface area contributed by atoms with Crippen molar-refractivity contribution in [1.29, 1.82) is 0 Å². The van der Waals surface area contributed by atoms with Crippen molar-refractivity contribution in [3.8, 4) is 0 Å². The molecule has 66 valence electrons. The van der Waals surface area contributed by atoms with Gasteiger partial charge in [-0.2, -0.15) is 0 Å². The Labute approximate surface area is 69.2 Å². The molecule has 0 bridgehead atoms. The number of allylic oxidation sites excluding steroid dienone is 2. The van der Waals surface area contributed by atoms with Crippen LogP contribution in [0.3, 0.4) is 0 Å². The van der Waals surface area contributed by atoms with Gasteiger partial charge in [0, 0.05) is 20.1 Å². The highest BCUT2D eigenvalue weighted by Crippen LogP contribution is 2.11. The summed E-state index contributed by atoms with van der Waals surface area (Å²) < 4.78 is 10.2. The SMILES string of the molecule is C/C=C/C[C@H](C)C(OC)OC. The van der Waals surface area contributed by atoms with Crippen molar-refractivity contribution in [3.63, 3.8) is 0 Å². The van der Waals surface area contributed by atoms with Gasteiger partial charge in [-0.15, -0.1) is 0 Å². The summed E-state index contributed by atoms with van der Waals surface area (Å²) in [5.41, 5.74) is 0. The first-order chi connectivity index (χ1) is 5.26. The van der Waals surface area contributed by atoms with E-state index >= 15 is 0 Å². The van der Waals surface area contributed by atoms with Crippen LogP contribution in [0, 0.1) is 5.92 Å². The Kier molecular flexibility index (Phi) is 6.18. The minimum atomic E-state index is -0.0776. The second kappa shape index (κ2) is 6.38. The molecule has 0 aromatic carbocycles. The third kappa shape index (κ3) is 4.17. The van der Waals surface area contributed by atoms with E-state index in [1.807, 2.05) is 13.0 Å². The van der Waals surface area contributed by atoms with Gasteiger partial charge < -0.3 is 9.47 Å². The highest BCUT2D eigenvalue weighted by molar-refractivity contribution is 4.79. The Morgan fingerprint density at radius 1 is 1.27 bits per heavy atom. The maximum Gasteiger partial charge on any atom is 0.159 e. The minimum absolute atomic E-state index is 0.0776. The van der Waals surface area contributed by atoms with E-state index in [4.69, 9.17) is 9.47 Å². The first-order valence-corrected chi connectivity index (χ1v) is 3.93. The molecule has 0 amide bonds. The molecule has 11 heavy (non-hydrogen) atoms. The average molecular weight is 158 g/mol. The van der Waals surface area contributed by atoms with E-state index < -0.39 is 0 Å². The van der Waals surface area contributed by atoms with Gasteiger partial charge in [0.05, 0.1) is 0 Å². The van der Waals surface area contributed by atoms with Crippen LogP contribution in [-0.4, -0.2) is 20.5 Å². The summed E-state index contributed by atoms with van der Waals surface area (Å²) in [6.45, 7) is 4.12. The van der Waals surface area contributed by atoms with Gasteiger partial charge >= 0.3 is 0 Å². The number of hydrogen-bond acceptors (Lipinski definition) is 2. The summed E-state index contributed by atoms with van der Waals surface area (Å²) in [7, 11) is 3.33. The molecule has 0 aromatic heterocycles. The van der Waals surface area contributed by atoms with Gasteiger partial charge in [-0.05, 0) is 13.3 Å². The molecule has 0 fully saturated rings. The summed E-state index contributed by atoms with van der Waals surface area (Å²) >= 11 is 0. The van der Waals surface area contributed by atoms with Crippen LogP contribution >= 0.6 is 0 Å². The highest BCUT2D eigenvalue weighted by atomic mass is 16.7. The molecule has 0 N–H and O–H groups in total. The molecule has 2 nitrogen and oxygen atoms in total. The van der Waals surface area contributed by atoms with Crippen molar-refractivity contribution in [2.45, 2.75) is 26.6 Å². The van der Waals surface area contributed by atoms with Crippen molar-refractivity contribution < 1.29 is 9.47 Å². The Morgan fingerprint density at radius 2 is 1.82 bits per heavy atom. The molecule has 1 atom stereocenters. The van der Waals surface area contributed by atoms with Crippen LogP contribution in [0.4, 0.5) is 0 Å². The van der Waals surface area contributed by atoms with Crippen LogP contribution in [0.1, 0.15) is 20.3 Å². The second-order valence-corrected chi connectivity index (χ2v) is 2.62. The van der Waals surface area contributed by atoms with E-state index in [1.54, 1.807) is 14.2 Å². The molecular formula is C9H18O2. The number of ether oxygens (including phenoxy) is 2. The van der Waals surface area contributed by atoms with Gasteiger partial charge in [0.1, 0.15) is 0 Å². The lowest BCUT2D eigenvalue weighted by atomic mass is 10.1. The lowest BCUT2D eigenvalue weighted by Gasteiger charge is -2.19. The van der Waals surface area contributed by atoms with E-state index in [2.05, 4.69) is 13.0 Å². The molecular weight excluding hydrogens is 140 g/mol. The molecule has 2 heteroatoms. The zero-order valence-corrected chi connectivity index (χ0v) is 7.83. The fourth-order valence-corrected chi connectivity index (χ4v) is 1.02. The molecule has 0 spiro atoms. The summed E-state index contributed by atoms with van der Waals surface area (Å²) in [4.78, 5) is 0. The molecule has 0 aliphatic rings. The van der Waals surface area contributed by atoms with Crippen molar-refractivity contribution >= 4 is 0 Å². The largest absolute Gasteiger partial charge is 0.356 e. The topological polar surface area (TPSA) is 18.5 Å². The first-order valence-electron chi connectivity index (χ1n) is 3.93. The maximum atomic E-state index is 5.10. The van der Waals surface area contributed by atoms with Crippen molar-refractivity contribution in [2.24, 2.45) is 5.92 Å². The molecule has 0 radical (unpaired) electrons. The van der Waals surface area contributed by atoms with E-state index in [1.165, 1.54) is 0 Å². The standard InChI is InChI=1S/C9H18O2/c1-5-6-7-8(2)9(10-3)11-4/h5-6,8-9H,7H2,1-4H3/b6-5+/t8-/m0/s1. The lowest BCUT2D eigenvalue weighted by molar-refractivity contribution is -0.132. The van der Waals surface area contributed by atoms with E-state index in [0.717, 1.165) is 6.42 Å². The van der Waals surface area contributed by atoms with Gasteiger partial charge in [0.2, 0.25) is 0 Å². The summed E-state index contributed by atoms with van der Waals surface area (Å²) in [6.07, 6.45) is 5.09. The molecule has 0 heterocycles. The van der Waals surface area contributed by atoms with Crippen LogP contribution in [0.2, 0.25) is 0 Å². The van der Waals surface area contributed by atoms with Gasteiger partial charge in [-0.3, -0.25) is 0 Å². The van der Waals surface area contributed by atoms with E-state index in [9.17, 15) is 0 Å². The highest BCUT2D eigenvalue weighted by Gasteiger charge is 2.13. The molecule has 0 saturated heterocycles. The molecule has 0 aromatic rings. The van der Waals surface area contributed by atoms with Crippen LogP contribution in [0.25, 0.3) is 0 Å². The summed E-state index contributed by atoms with van der Waals surface area (Å²) in [6, 6.07) is 0. The maximum absolute atomic E-state index is 5.10. The molecule has 0 aliphatic carbocycles. The van der Waals surface area contributed by atoms with Crippen molar-refractivity contribution in [1.82, 2.24) is 0 Å². The minimum Gasteiger partial charge on any atom is -0.356 e. The Bertz CT molecular complexity index is 106. The Balaban J connectivity index is 3.68. The van der Waals surface area contributed by atoms with Gasteiger partial charge in [0.15, 0.2) is 6.29 Å². The summed E-state index contributed by atoms with van der Waals surface area (Å²) in [5.74, 6) is 0.418.